The van der Waals surface area contributed by atoms with Crippen LogP contribution in [0.3, 0.4) is 0 Å². The highest BCUT2D eigenvalue weighted by atomic mass is 32.1. The fourth-order valence-corrected chi connectivity index (χ4v) is 1.70. The first kappa shape index (κ1) is 11.4. The summed E-state index contributed by atoms with van der Waals surface area (Å²) in [5, 5.41) is 0. The Kier molecular flexibility index (Phi) is 3.43. The van der Waals surface area contributed by atoms with E-state index in [-0.39, 0.29) is 5.56 Å². The molecule has 2 nitrogen and oxygen atoms in total. The molecular weight excluding hydrogens is 194 g/mol. The molecule has 0 amide bonds. The monoisotopic (exact) mass is 211 g/mol. The van der Waals surface area contributed by atoms with Crippen molar-refractivity contribution in [3.63, 3.8) is 0 Å². The van der Waals surface area contributed by atoms with Crippen LogP contribution in [-0.2, 0) is 0 Å². The van der Waals surface area contributed by atoms with Crippen molar-refractivity contribution in [2.75, 3.05) is 0 Å². The van der Waals surface area contributed by atoms with Crippen LogP contribution in [0.5, 0.6) is 0 Å². The third-order valence-electron chi connectivity index (χ3n) is 2.28. The molecule has 0 fully saturated rings. The van der Waals surface area contributed by atoms with Gasteiger partial charge in [-0.05, 0) is 23.5 Å². The predicted molar refractivity (Wildman–Crippen MR) is 62.5 cm³/mol. The molecule has 0 radical (unpaired) electrons. The fourth-order valence-electron chi connectivity index (χ4n) is 1.50. The minimum absolute atomic E-state index is 0.0959. The number of hydrogen-bond donors (Lipinski definition) is 2. The highest BCUT2D eigenvalue weighted by molar-refractivity contribution is 7.80. The van der Waals surface area contributed by atoms with Gasteiger partial charge < -0.3 is 4.98 Å². The summed E-state index contributed by atoms with van der Waals surface area (Å²) < 4.78 is 0. The van der Waals surface area contributed by atoms with Gasteiger partial charge in [0.25, 0.3) is 5.56 Å². The summed E-state index contributed by atoms with van der Waals surface area (Å²) in [7, 11) is 0. The standard InChI is InChI=1S/C11H17NOS/c1-6(2)8-5-9(14)11(13)12-10(8)7(3)4/h5-7,14H,1-4H3,(H,12,13). The van der Waals surface area contributed by atoms with Gasteiger partial charge in [0.2, 0.25) is 0 Å². The van der Waals surface area contributed by atoms with E-state index in [1.54, 1.807) is 0 Å². The molecule has 1 rings (SSSR count). The Morgan fingerprint density at radius 1 is 1.21 bits per heavy atom. The van der Waals surface area contributed by atoms with E-state index in [1.165, 1.54) is 5.56 Å². The highest BCUT2D eigenvalue weighted by Crippen LogP contribution is 2.24. The normalized spacial score (nSPS) is 11.4. The first-order valence-electron chi connectivity index (χ1n) is 4.89. The maximum atomic E-state index is 11.4. The lowest BCUT2D eigenvalue weighted by Crippen LogP contribution is -2.14. The molecule has 14 heavy (non-hydrogen) atoms. The van der Waals surface area contributed by atoms with Gasteiger partial charge in [-0.3, -0.25) is 4.79 Å². The lowest BCUT2D eigenvalue weighted by Gasteiger charge is -2.15. The van der Waals surface area contributed by atoms with Crippen molar-refractivity contribution in [1.82, 2.24) is 4.98 Å². The minimum atomic E-state index is -0.0959. The summed E-state index contributed by atoms with van der Waals surface area (Å²) in [6.45, 7) is 8.39. The van der Waals surface area contributed by atoms with Crippen molar-refractivity contribution in [3.8, 4) is 0 Å². The topological polar surface area (TPSA) is 32.9 Å². The van der Waals surface area contributed by atoms with Crippen LogP contribution in [0.25, 0.3) is 0 Å². The van der Waals surface area contributed by atoms with Crippen molar-refractivity contribution in [3.05, 3.63) is 27.7 Å². The summed E-state index contributed by atoms with van der Waals surface area (Å²) in [6, 6.07) is 1.88. The molecule has 78 valence electrons. The summed E-state index contributed by atoms with van der Waals surface area (Å²) in [5.41, 5.74) is 2.12. The quantitative estimate of drug-likeness (QED) is 0.724. The number of nitrogens with one attached hydrogen (secondary N) is 1. The Labute approximate surface area is 90.2 Å². The molecule has 0 aliphatic carbocycles. The van der Waals surface area contributed by atoms with Crippen molar-refractivity contribution in [1.29, 1.82) is 0 Å². The maximum Gasteiger partial charge on any atom is 0.261 e. The van der Waals surface area contributed by atoms with Crippen LogP contribution in [0.1, 0.15) is 50.8 Å². The van der Waals surface area contributed by atoms with E-state index >= 15 is 0 Å². The van der Waals surface area contributed by atoms with E-state index in [4.69, 9.17) is 0 Å². The Morgan fingerprint density at radius 2 is 1.79 bits per heavy atom. The fraction of sp³-hybridized carbons (Fsp3) is 0.545. The lowest BCUT2D eigenvalue weighted by molar-refractivity contribution is 0.744. The average Bonchev–Trinajstić information content (AvgIpc) is 2.08. The summed E-state index contributed by atoms with van der Waals surface area (Å²) in [4.78, 5) is 14.8. The SMILES string of the molecule is CC(C)c1cc(S)c(=O)[nH]c1C(C)C. The second kappa shape index (κ2) is 4.22. The van der Waals surface area contributed by atoms with Crippen LogP contribution in [-0.4, -0.2) is 4.98 Å². The molecule has 0 atom stereocenters. The second-order valence-electron chi connectivity index (χ2n) is 4.16. The van der Waals surface area contributed by atoms with E-state index in [0.717, 1.165) is 5.69 Å². The molecule has 0 bridgehead atoms. The molecule has 1 heterocycles. The molecule has 0 aliphatic heterocycles. The molecule has 0 saturated heterocycles. The summed E-state index contributed by atoms with van der Waals surface area (Å²) in [6.07, 6.45) is 0. The zero-order chi connectivity index (χ0) is 10.9. The highest BCUT2D eigenvalue weighted by Gasteiger charge is 2.12. The van der Waals surface area contributed by atoms with Crippen LogP contribution < -0.4 is 5.56 Å². The van der Waals surface area contributed by atoms with Gasteiger partial charge in [0.15, 0.2) is 0 Å². The van der Waals surface area contributed by atoms with Crippen LogP contribution in [0.4, 0.5) is 0 Å². The molecule has 3 heteroatoms. The van der Waals surface area contributed by atoms with Crippen molar-refractivity contribution in [2.24, 2.45) is 0 Å². The third-order valence-corrected chi connectivity index (χ3v) is 2.62. The Balaban J connectivity index is 3.39. The van der Waals surface area contributed by atoms with Crippen LogP contribution in [0, 0.1) is 0 Å². The zero-order valence-electron chi connectivity index (χ0n) is 9.09. The van der Waals surface area contributed by atoms with Crippen molar-refractivity contribution < 1.29 is 0 Å². The van der Waals surface area contributed by atoms with Crippen LogP contribution >= 0.6 is 12.6 Å². The number of aromatic nitrogens is 1. The van der Waals surface area contributed by atoms with Gasteiger partial charge >= 0.3 is 0 Å². The second-order valence-corrected chi connectivity index (χ2v) is 4.64. The Bertz CT molecular complexity index is 379. The molecule has 0 spiro atoms. The molecule has 0 aliphatic rings. The minimum Gasteiger partial charge on any atom is -0.325 e. The van der Waals surface area contributed by atoms with Gasteiger partial charge in [-0.2, -0.15) is 0 Å². The third kappa shape index (κ3) is 2.21. The molecule has 1 aromatic heterocycles. The van der Waals surface area contributed by atoms with Gasteiger partial charge in [-0.15, -0.1) is 12.6 Å². The van der Waals surface area contributed by atoms with E-state index in [1.807, 2.05) is 6.07 Å². The van der Waals surface area contributed by atoms with Gasteiger partial charge in [0.05, 0.1) is 4.90 Å². The number of pyridine rings is 1. The van der Waals surface area contributed by atoms with Gasteiger partial charge in [-0.25, -0.2) is 0 Å². The van der Waals surface area contributed by atoms with Gasteiger partial charge in [0, 0.05) is 5.69 Å². The zero-order valence-corrected chi connectivity index (χ0v) is 9.98. The molecule has 0 saturated carbocycles. The molecule has 0 aromatic carbocycles. The van der Waals surface area contributed by atoms with E-state index in [2.05, 4.69) is 45.3 Å². The predicted octanol–water partition coefficient (Wildman–Crippen LogP) is 2.91. The summed E-state index contributed by atoms with van der Waals surface area (Å²) >= 11 is 4.13. The van der Waals surface area contributed by atoms with Gasteiger partial charge in [0.1, 0.15) is 0 Å². The smallest absolute Gasteiger partial charge is 0.261 e. The number of thiol groups is 1. The Morgan fingerprint density at radius 3 is 2.21 bits per heavy atom. The van der Waals surface area contributed by atoms with Crippen molar-refractivity contribution in [2.45, 2.75) is 44.4 Å². The summed E-state index contributed by atoms with van der Waals surface area (Å²) in [5.74, 6) is 0.754. The molecule has 1 N–H and O–H groups in total. The first-order chi connectivity index (χ1) is 6.43. The number of hydrogen-bond acceptors (Lipinski definition) is 2. The lowest BCUT2D eigenvalue weighted by atomic mass is 9.96. The molecule has 1 aromatic rings. The first-order valence-corrected chi connectivity index (χ1v) is 5.34. The Hall–Kier alpha value is -0.700. The molecule has 0 unspecified atom stereocenters. The molecular formula is C11H17NOS. The van der Waals surface area contributed by atoms with Crippen molar-refractivity contribution >= 4 is 12.6 Å². The van der Waals surface area contributed by atoms with E-state index in [0.29, 0.717) is 16.7 Å². The number of rotatable bonds is 2. The van der Waals surface area contributed by atoms with Crippen LogP contribution in [0.15, 0.2) is 15.8 Å². The maximum absolute atomic E-state index is 11.4. The number of H-pyrrole nitrogens is 1. The average molecular weight is 211 g/mol. The largest absolute Gasteiger partial charge is 0.325 e. The van der Waals surface area contributed by atoms with E-state index < -0.39 is 0 Å². The number of aromatic amines is 1. The van der Waals surface area contributed by atoms with E-state index in [9.17, 15) is 4.79 Å². The van der Waals surface area contributed by atoms with Gasteiger partial charge in [-0.1, -0.05) is 27.7 Å². The van der Waals surface area contributed by atoms with Crippen LogP contribution in [0.2, 0.25) is 0 Å².